The molecule has 1 aliphatic carbocycles. The number of anilines is 1. The highest BCUT2D eigenvalue weighted by Gasteiger charge is 2.26. The lowest BCUT2D eigenvalue weighted by molar-refractivity contribution is 0.0952. The predicted octanol–water partition coefficient (Wildman–Crippen LogP) is 4.22. The van der Waals surface area contributed by atoms with Gasteiger partial charge in [-0.05, 0) is 42.7 Å². The molecule has 1 aliphatic rings. The van der Waals surface area contributed by atoms with Gasteiger partial charge in [-0.3, -0.25) is 15.1 Å². The number of carbonyl (C=O) groups excluding carboxylic acids is 2. The van der Waals surface area contributed by atoms with Gasteiger partial charge in [0, 0.05) is 29.2 Å². The number of nitrogens with one attached hydrogen (secondary N) is 2. The summed E-state index contributed by atoms with van der Waals surface area (Å²) in [6.07, 6.45) is 1.76. The van der Waals surface area contributed by atoms with E-state index in [1.165, 1.54) is 7.11 Å². The summed E-state index contributed by atoms with van der Waals surface area (Å²) in [5, 5.41) is 6.45. The monoisotopic (exact) mass is 375 g/mol. The molecule has 28 heavy (non-hydrogen) atoms. The van der Waals surface area contributed by atoms with Crippen LogP contribution in [0.4, 0.5) is 10.5 Å². The molecule has 4 rings (SSSR count). The second-order valence-electron chi connectivity index (χ2n) is 6.88. The van der Waals surface area contributed by atoms with Gasteiger partial charge < -0.3 is 10.1 Å². The molecule has 1 fully saturated rings. The minimum atomic E-state index is -0.517. The lowest BCUT2D eigenvalue weighted by Crippen LogP contribution is -2.23. The molecule has 0 radical (unpaired) electrons. The highest BCUT2D eigenvalue weighted by Crippen LogP contribution is 2.40. The molecular formula is C22H21N3O3. The molecule has 0 atom stereocenters. The van der Waals surface area contributed by atoms with Gasteiger partial charge in [-0.15, -0.1) is 0 Å². The molecule has 0 bridgehead atoms. The number of rotatable bonds is 5. The number of benzene rings is 2. The molecule has 2 aromatic carbocycles. The molecule has 6 heteroatoms. The Labute approximate surface area is 162 Å². The second kappa shape index (κ2) is 7.68. The molecule has 1 saturated carbocycles. The maximum atomic E-state index is 12.9. The van der Waals surface area contributed by atoms with Gasteiger partial charge >= 0.3 is 6.09 Å². The van der Waals surface area contributed by atoms with Gasteiger partial charge in [0.2, 0.25) is 0 Å². The van der Waals surface area contributed by atoms with Crippen molar-refractivity contribution in [2.45, 2.75) is 25.3 Å². The molecular weight excluding hydrogens is 354 g/mol. The SMILES string of the molecule is COC(=O)Nc1ccc(CNC(=O)c2cc(C3CC3)nc3ccccc23)cc1. The van der Waals surface area contributed by atoms with E-state index in [0.29, 0.717) is 23.7 Å². The summed E-state index contributed by atoms with van der Waals surface area (Å²) in [6, 6.07) is 16.9. The maximum Gasteiger partial charge on any atom is 0.411 e. The van der Waals surface area contributed by atoms with Crippen LogP contribution in [0.2, 0.25) is 0 Å². The van der Waals surface area contributed by atoms with Crippen molar-refractivity contribution in [1.29, 1.82) is 0 Å². The summed E-state index contributed by atoms with van der Waals surface area (Å²) in [7, 11) is 1.32. The molecule has 2 amide bonds. The van der Waals surface area contributed by atoms with Crippen LogP contribution >= 0.6 is 0 Å². The third-order valence-corrected chi connectivity index (χ3v) is 4.82. The number of fused-ring (bicyclic) bond motifs is 1. The first-order valence-corrected chi connectivity index (χ1v) is 9.26. The summed E-state index contributed by atoms with van der Waals surface area (Å²) in [4.78, 5) is 28.8. The number of methoxy groups -OCH3 is 1. The van der Waals surface area contributed by atoms with Gasteiger partial charge in [0.05, 0.1) is 18.2 Å². The summed E-state index contributed by atoms with van der Waals surface area (Å²) in [5.74, 6) is 0.364. The Balaban J connectivity index is 1.49. The molecule has 0 saturated heterocycles. The van der Waals surface area contributed by atoms with Crippen molar-refractivity contribution in [2.75, 3.05) is 12.4 Å². The van der Waals surface area contributed by atoms with Crippen LogP contribution in [-0.4, -0.2) is 24.1 Å². The average molecular weight is 375 g/mol. The number of aromatic nitrogens is 1. The fourth-order valence-electron chi connectivity index (χ4n) is 3.12. The van der Waals surface area contributed by atoms with Crippen molar-refractivity contribution in [3.8, 4) is 0 Å². The lowest BCUT2D eigenvalue weighted by atomic mass is 10.1. The number of para-hydroxylation sites is 1. The van der Waals surface area contributed by atoms with Crippen LogP contribution in [0.5, 0.6) is 0 Å². The fourth-order valence-corrected chi connectivity index (χ4v) is 3.12. The van der Waals surface area contributed by atoms with Crippen molar-refractivity contribution in [3.63, 3.8) is 0 Å². The van der Waals surface area contributed by atoms with Gasteiger partial charge in [-0.2, -0.15) is 0 Å². The maximum absolute atomic E-state index is 12.9. The molecule has 3 aromatic rings. The molecule has 6 nitrogen and oxygen atoms in total. The summed E-state index contributed by atoms with van der Waals surface area (Å²) in [6.45, 7) is 0.396. The van der Waals surface area contributed by atoms with Gasteiger partial charge in [0.1, 0.15) is 0 Å². The third-order valence-electron chi connectivity index (χ3n) is 4.82. The van der Waals surface area contributed by atoms with E-state index in [0.717, 1.165) is 35.0 Å². The lowest BCUT2D eigenvalue weighted by Gasteiger charge is -2.11. The largest absolute Gasteiger partial charge is 0.453 e. The Morgan fingerprint density at radius 3 is 2.57 bits per heavy atom. The normalized spacial score (nSPS) is 13.2. The van der Waals surface area contributed by atoms with Gasteiger partial charge in [0.25, 0.3) is 5.91 Å². The highest BCUT2D eigenvalue weighted by molar-refractivity contribution is 6.06. The summed E-state index contributed by atoms with van der Waals surface area (Å²) < 4.78 is 4.57. The van der Waals surface area contributed by atoms with Crippen molar-refractivity contribution in [3.05, 3.63) is 71.4 Å². The number of hydrogen-bond donors (Lipinski definition) is 2. The number of pyridine rings is 1. The van der Waals surface area contributed by atoms with Crippen LogP contribution in [0.1, 0.15) is 40.4 Å². The van der Waals surface area contributed by atoms with Crippen LogP contribution in [0.3, 0.4) is 0 Å². The number of hydrogen-bond acceptors (Lipinski definition) is 4. The zero-order valence-electron chi connectivity index (χ0n) is 15.6. The van der Waals surface area contributed by atoms with E-state index in [1.54, 1.807) is 12.1 Å². The van der Waals surface area contributed by atoms with Crippen molar-refractivity contribution >= 4 is 28.6 Å². The Hall–Kier alpha value is -3.41. The predicted molar refractivity (Wildman–Crippen MR) is 107 cm³/mol. The van der Waals surface area contributed by atoms with E-state index < -0.39 is 6.09 Å². The second-order valence-corrected chi connectivity index (χ2v) is 6.88. The van der Waals surface area contributed by atoms with Crippen LogP contribution in [0.15, 0.2) is 54.6 Å². The number of ether oxygens (including phenoxy) is 1. The Morgan fingerprint density at radius 2 is 1.86 bits per heavy atom. The Kier molecular flexibility index (Phi) is 4.93. The molecule has 1 aromatic heterocycles. The van der Waals surface area contributed by atoms with E-state index in [1.807, 2.05) is 42.5 Å². The van der Waals surface area contributed by atoms with Crippen LogP contribution < -0.4 is 10.6 Å². The first-order valence-electron chi connectivity index (χ1n) is 9.26. The highest BCUT2D eigenvalue weighted by atomic mass is 16.5. The van der Waals surface area contributed by atoms with Gasteiger partial charge in [-0.1, -0.05) is 30.3 Å². The van der Waals surface area contributed by atoms with Crippen molar-refractivity contribution in [1.82, 2.24) is 10.3 Å². The summed E-state index contributed by atoms with van der Waals surface area (Å²) >= 11 is 0. The van der Waals surface area contributed by atoms with Crippen LogP contribution in [-0.2, 0) is 11.3 Å². The Morgan fingerprint density at radius 1 is 1.11 bits per heavy atom. The Bertz CT molecular complexity index is 1030. The zero-order valence-corrected chi connectivity index (χ0v) is 15.6. The zero-order chi connectivity index (χ0) is 19.5. The van der Waals surface area contributed by atoms with Crippen molar-refractivity contribution in [2.24, 2.45) is 0 Å². The van der Waals surface area contributed by atoms with E-state index in [2.05, 4.69) is 15.4 Å². The molecule has 0 unspecified atom stereocenters. The summed E-state index contributed by atoms with van der Waals surface area (Å²) in [5.41, 5.74) is 4.09. The van der Waals surface area contributed by atoms with Crippen LogP contribution in [0, 0.1) is 0 Å². The topological polar surface area (TPSA) is 80.3 Å². The van der Waals surface area contributed by atoms with Gasteiger partial charge in [-0.25, -0.2) is 4.79 Å². The van der Waals surface area contributed by atoms with Crippen LogP contribution in [0.25, 0.3) is 10.9 Å². The number of carbonyl (C=O) groups is 2. The van der Waals surface area contributed by atoms with E-state index in [-0.39, 0.29) is 5.91 Å². The molecule has 1 heterocycles. The molecule has 2 N–H and O–H groups in total. The standard InChI is InChI=1S/C22H21N3O3/c1-28-22(27)24-16-10-6-14(7-11-16)13-23-21(26)18-12-20(15-8-9-15)25-19-5-3-2-4-17(18)19/h2-7,10-12,15H,8-9,13H2,1H3,(H,23,26)(H,24,27). The average Bonchev–Trinajstić information content (AvgIpc) is 3.57. The fraction of sp³-hybridized carbons (Fsp3) is 0.227. The van der Waals surface area contributed by atoms with Gasteiger partial charge in [0.15, 0.2) is 0 Å². The van der Waals surface area contributed by atoms with E-state index in [4.69, 9.17) is 4.98 Å². The minimum Gasteiger partial charge on any atom is -0.453 e. The van der Waals surface area contributed by atoms with E-state index >= 15 is 0 Å². The van der Waals surface area contributed by atoms with E-state index in [9.17, 15) is 9.59 Å². The molecule has 142 valence electrons. The quantitative estimate of drug-likeness (QED) is 0.700. The number of nitrogens with zero attached hydrogens (tertiary/aromatic N) is 1. The first-order chi connectivity index (χ1) is 13.6. The number of amides is 2. The molecule has 0 spiro atoms. The van der Waals surface area contributed by atoms with Crippen molar-refractivity contribution < 1.29 is 14.3 Å². The smallest absolute Gasteiger partial charge is 0.411 e. The first kappa shape index (κ1) is 18.0. The minimum absolute atomic E-state index is 0.114. The third kappa shape index (κ3) is 3.96. The molecule has 0 aliphatic heterocycles.